The van der Waals surface area contributed by atoms with Gasteiger partial charge in [-0.15, -0.1) is 0 Å². The van der Waals surface area contributed by atoms with E-state index in [0.717, 1.165) is 25.7 Å². The molecular formula is C12H24N2O3. The van der Waals surface area contributed by atoms with Crippen LogP contribution in [-0.4, -0.2) is 54.9 Å². The summed E-state index contributed by atoms with van der Waals surface area (Å²) in [5, 5.41) is 9.08. The van der Waals surface area contributed by atoms with E-state index in [4.69, 9.17) is 15.6 Å². The number of aliphatic hydroxyl groups is 1. The minimum absolute atomic E-state index is 0.0107. The first kappa shape index (κ1) is 14.4. The highest BCUT2D eigenvalue weighted by atomic mass is 16.5. The number of methoxy groups -OCH3 is 1. The third kappa shape index (κ3) is 3.94. The molecule has 0 aliphatic heterocycles. The largest absolute Gasteiger partial charge is 0.395 e. The van der Waals surface area contributed by atoms with Crippen molar-refractivity contribution in [2.75, 3.05) is 26.8 Å². The summed E-state index contributed by atoms with van der Waals surface area (Å²) in [4.78, 5) is 14.0. The predicted octanol–water partition coefficient (Wildman–Crippen LogP) is 0.114. The van der Waals surface area contributed by atoms with E-state index in [9.17, 15) is 4.79 Å². The highest BCUT2D eigenvalue weighted by molar-refractivity contribution is 5.81. The van der Waals surface area contributed by atoms with Crippen molar-refractivity contribution in [1.29, 1.82) is 0 Å². The number of amides is 1. The molecule has 0 heterocycles. The highest BCUT2D eigenvalue weighted by Gasteiger charge is 2.29. The Balaban J connectivity index is 2.65. The van der Waals surface area contributed by atoms with Crippen LogP contribution >= 0.6 is 0 Å². The van der Waals surface area contributed by atoms with Gasteiger partial charge in [-0.3, -0.25) is 4.79 Å². The third-order valence-corrected chi connectivity index (χ3v) is 3.41. The van der Waals surface area contributed by atoms with Gasteiger partial charge in [-0.05, 0) is 12.8 Å². The maximum Gasteiger partial charge on any atom is 0.253 e. The maximum atomic E-state index is 12.2. The fourth-order valence-electron chi connectivity index (χ4n) is 2.46. The highest BCUT2D eigenvalue weighted by Crippen LogP contribution is 2.23. The minimum atomic E-state index is -0.580. The van der Waals surface area contributed by atoms with Gasteiger partial charge in [-0.2, -0.15) is 0 Å². The van der Waals surface area contributed by atoms with E-state index < -0.39 is 6.10 Å². The summed E-state index contributed by atoms with van der Waals surface area (Å²) in [6.45, 7) is 0.552. The fraction of sp³-hybridized carbons (Fsp3) is 0.917. The summed E-state index contributed by atoms with van der Waals surface area (Å²) < 4.78 is 5.08. The topological polar surface area (TPSA) is 75.8 Å². The van der Waals surface area contributed by atoms with Gasteiger partial charge in [0.25, 0.3) is 5.91 Å². The van der Waals surface area contributed by atoms with Gasteiger partial charge >= 0.3 is 0 Å². The van der Waals surface area contributed by atoms with Gasteiger partial charge in [0.15, 0.2) is 0 Å². The average Bonchev–Trinajstić information content (AvgIpc) is 2.38. The second-order valence-electron chi connectivity index (χ2n) is 4.51. The van der Waals surface area contributed by atoms with E-state index in [2.05, 4.69) is 0 Å². The van der Waals surface area contributed by atoms with Gasteiger partial charge in [0.1, 0.15) is 6.10 Å². The second-order valence-corrected chi connectivity index (χ2v) is 4.51. The zero-order chi connectivity index (χ0) is 12.7. The van der Waals surface area contributed by atoms with Gasteiger partial charge in [-0.25, -0.2) is 0 Å². The first-order valence-corrected chi connectivity index (χ1v) is 6.38. The van der Waals surface area contributed by atoms with Crippen LogP contribution in [0.15, 0.2) is 0 Å². The molecule has 0 aromatic rings. The molecule has 3 N–H and O–H groups in total. The molecule has 1 atom stereocenters. The van der Waals surface area contributed by atoms with Crippen LogP contribution in [0.5, 0.6) is 0 Å². The molecule has 5 nitrogen and oxygen atoms in total. The van der Waals surface area contributed by atoms with Crippen molar-refractivity contribution in [2.45, 2.75) is 44.2 Å². The molecule has 1 rings (SSSR count). The number of rotatable bonds is 6. The Bertz CT molecular complexity index is 226. The first-order chi connectivity index (χ1) is 8.24. The Labute approximate surface area is 103 Å². The number of hydrogen-bond donors (Lipinski definition) is 2. The van der Waals surface area contributed by atoms with Gasteiger partial charge in [0.2, 0.25) is 0 Å². The zero-order valence-electron chi connectivity index (χ0n) is 10.6. The van der Waals surface area contributed by atoms with E-state index in [-0.39, 0.29) is 25.1 Å². The van der Waals surface area contributed by atoms with Crippen LogP contribution in [0.1, 0.15) is 32.1 Å². The maximum absolute atomic E-state index is 12.2. The molecule has 0 saturated heterocycles. The Morgan fingerprint density at radius 3 is 2.59 bits per heavy atom. The number of carbonyl (C=O) groups is 1. The standard InChI is InChI=1S/C12H24N2O3/c1-17-11(9-13)12(16)14(7-8-15)10-5-3-2-4-6-10/h10-11,15H,2-9,13H2,1H3. The van der Waals surface area contributed by atoms with Crippen molar-refractivity contribution in [1.82, 2.24) is 4.90 Å². The Morgan fingerprint density at radius 1 is 1.47 bits per heavy atom. The molecule has 1 aliphatic carbocycles. The van der Waals surface area contributed by atoms with Crippen LogP contribution < -0.4 is 5.73 Å². The molecule has 0 bridgehead atoms. The lowest BCUT2D eigenvalue weighted by molar-refractivity contribution is -0.145. The predicted molar refractivity (Wildman–Crippen MR) is 65.5 cm³/mol. The van der Waals surface area contributed by atoms with Crippen molar-refractivity contribution in [2.24, 2.45) is 5.73 Å². The van der Waals surface area contributed by atoms with Crippen LogP contribution in [0.4, 0.5) is 0 Å². The molecule has 0 spiro atoms. The summed E-state index contributed by atoms with van der Waals surface area (Å²) in [6.07, 6.45) is 5.01. The zero-order valence-corrected chi connectivity index (χ0v) is 10.6. The molecule has 17 heavy (non-hydrogen) atoms. The summed E-state index contributed by atoms with van der Waals surface area (Å²) in [6, 6.07) is 0.243. The van der Waals surface area contributed by atoms with Crippen molar-refractivity contribution in [3.8, 4) is 0 Å². The third-order valence-electron chi connectivity index (χ3n) is 3.41. The monoisotopic (exact) mass is 244 g/mol. The molecular weight excluding hydrogens is 220 g/mol. The van der Waals surface area contributed by atoms with Crippen molar-refractivity contribution in [3.05, 3.63) is 0 Å². The van der Waals surface area contributed by atoms with E-state index in [1.165, 1.54) is 13.5 Å². The van der Waals surface area contributed by atoms with E-state index in [0.29, 0.717) is 6.54 Å². The number of carbonyl (C=O) groups excluding carboxylic acids is 1. The fourth-order valence-corrected chi connectivity index (χ4v) is 2.46. The molecule has 1 unspecified atom stereocenters. The van der Waals surface area contributed by atoms with Gasteiger partial charge in [0, 0.05) is 26.2 Å². The molecule has 1 saturated carbocycles. The van der Waals surface area contributed by atoms with E-state index >= 15 is 0 Å². The lowest BCUT2D eigenvalue weighted by Crippen LogP contribution is -2.50. The van der Waals surface area contributed by atoms with Crippen molar-refractivity contribution >= 4 is 5.91 Å². The summed E-state index contributed by atoms with van der Waals surface area (Å²) in [5.74, 6) is -0.0871. The SMILES string of the molecule is COC(CN)C(=O)N(CCO)C1CCCCC1. The van der Waals surface area contributed by atoms with Crippen molar-refractivity contribution < 1.29 is 14.6 Å². The van der Waals surface area contributed by atoms with Gasteiger partial charge in [-0.1, -0.05) is 19.3 Å². The normalized spacial score (nSPS) is 19.0. The summed E-state index contributed by atoms with van der Waals surface area (Å²) >= 11 is 0. The van der Waals surface area contributed by atoms with Crippen molar-refractivity contribution in [3.63, 3.8) is 0 Å². The molecule has 1 amide bonds. The minimum Gasteiger partial charge on any atom is -0.395 e. The molecule has 100 valence electrons. The summed E-state index contributed by atoms with van der Waals surface area (Å²) in [7, 11) is 1.49. The van der Waals surface area contributed by atoms with Gasteiger partial charge < -0.3 is 20.5 Å². The molecule has 5 heteroatoms. The number of ether oxygens (including phenoxy) is 1. The van der Waals surface area contributed by atoms with Crippen LogP contribution in [-0.2, 0) is 9.53 Å². The smallest absolute Gasteiger partial charge is 0.253 e. The Morgan fingerprint density at radius 2 is 2.12 bits per heavy atom. The van der Waals surface area contributed by atoms with E-state index in [1.54, 1.807) is 4.90 Å². The average molecular weight is 244 g/mol. The lowest BCUT2D eigenvalue weighted by atomic mass is 9.94. The lowest BCUT2D eigenvalue weighted by Gasteiger charge is -2.35. The van der Waals surface area contributed by atoms with Crippen LogP contribution in [0.25, 0.3) is 0 Å². The first-order valence-electron chi connectivity index (χ1n) is 6.38. The number of aliphatic hydroxyl groups excluding tert-OH is 1. The quantitative estimate of drug-likeness (QED) is 0.695. The van der Waals surface area contributed by atoms with E-state index in [1.807, 2.05) is 0 Å². The second kappa shape index (κ2) is 7.63. The van der Waals surface area contributed by atoms with Crippen LogP contribution in [0.2, 0.25) is 0 Å². The van der Waals surface area contributed by atoms with Gasteiger partial charge in [0.05, 0.1) is 6.61 Å². The number of nitrogens with two attached hydrogens (primary N) is 1. The summed E-state index contributed by atoms with van der Waals surface area (Å²) in [5.41, 5.74) is 5.51. The van der Waals surface area contributed by atoms with Crippen LogP contribution in [0.3, 0.4) is 0 Å². The number of nitrogens with zero attached hydrogens (tertiary/aromatic N) is 1. The molecule has 0 aromatic heterocycles. The number of hydrogen-bond acceptors (Lipinski definition) is 4. The molecule has 0 aromatic carbocycles. The Kier molecular flexibility index (Phi) is 6.47. The Hall–Kier alpha value is -0.650. The molecule has 1 aliphatic rings. The molecule has 0 radical (unpaired) electrons. The van der Waals surface area contributed by atoms with Crippen LogP contribution in [0, 0.1) is 0 Å². The molecule has 1 fully saturated rings.